The van der Waals surface area contributed by atoms with Crippen molar-refractivity contribution in [2.75, 3.05) is 0 Å². The number of aryl methyl sites for hydroxylation is 2. The van der Waals surface area contributed by atoms with Crippen molar-refractivity contribution >= 4 is 11.6 Å². The second kappa shape index (κ2) is 5.91. The summed E-state index contributed by atoms with van der Waals surface area (Å²) in [4.78, 5) is 4.54. The number of hydrogen-bond donors (Lipinski definition) is 0. The van der Waals surface area contributed by atoms with Gasteiger partial charge in [0.25, 0.3) is 0 Å². The zero-order valence-electron chi connectivity index (χ0n) is 10.1. The lowest BCUT2D eigenvalue weighted by molar-refractivity contribution is 0.622. The van der Waals surface area contributed by atoms with E-state index in [4.69, 9.17) is 16.9 Å². The lowest BCUT2D eigenvalue weighted by atomic mass is 10.3. The molecule has 0 N–H and O–H groups in total. The molecule has 0 bridgehead atoms. The molecule has 1 heterocycles. The highest BCUT2D eigenvalue weighted by Gasteiger charge is 2.18. The molecular weight excluding hydrogens is 222 g/mol. The number of rotatable bonds is 5. The minimum absolute atomic E-state index is 0.243. The van der Waals surface area contributed by atoms with Gasteiger partial charge in [-0.05, 0) is 19.8 Å². The van der Waals surface area contributed by atoms with Crippen LogP contribution in [0, 0.1) is 11.3 Å². The van der Waals surface area contributed by atoms with Gasteiger partial charge < -0.3 is 4.57 Å². The van der Waals surface area contributed by atoms with E-state index in [1.165, 1.54) is 0 Å². The first-order chi connectivity index (χ1) is 7.65. The Bertz CT molecular complexity index is 390. The highest BCUT2D eigenvalue weighted by Crippen LogP contribution is 2.24. The van der Waals surface area contributed by atoms with Crippen molar-refractivity contribution in [2.24, 2.45) is 0 Å². The first kappa shape index (κ1) is 13.1. The van der Waals surface area contributed by atoms with Crippen molar-refractivity contribution in [2.45, 2.75) is 52.5 Å². The molecule has 0 aliphatic rings. The smallest absolute Gasteiger partial charge is 0.133 e. The minimum Gasteiger partial charge on any atom is -0.302 e. The Balaban J connectivity index is 3.15. The van der Waals surface area contributed by atoms with E-state index < -0.39 is 0 Å². The molecule has 4 heteroatoms. The van der Waals surface area contributed by atoms with Crippen LogP contribution in [0.2, 0.25) is 5.15 Å². The summed E-state index contributed by atoms with van der Waals surface area (Å²) in [5.41, 5.74) is 0.926. The van der Waals surface area contributed by atoms with E-state index >= 15 is 0 Å². The average Bonchev–Trinajstić information content (AvgIpc) is 2.56. The van der Waals surface area contributed by atoms with Crippen molar-refractivity contribution in [1.82, 2.24) is 9.55 Å². The van der Waals surface area contributed by atoms with Crippen molar-refractivity contribution in [3.8, 4) is 6.07 Å². The lowest BCUT2D eigenvalue weighted by Gasteiger charge is -2.10. The Hall–Kier alpha value is -1.01. The van der Waals surface area contributed by atoms with Gasteiger partial charge in [0.15, 0.2) is 0 Å². The van der Waals surface area contributed by atoms with Gasteiger partial charge in [-0.25, -0.2) is 4.98 Å². The van der Waals surface area contributed by atoms with E-state index in [0.717, 1.165) is 37.2 Å². The fourth-order valence-corrected chi connectivity index (χ4v) is 2.14. The van der Waals surface area contributed by atoms with Gasteiger partial charge in [-0.3, -0.25) is 0 Å². The Morgan fingerprint density at radius 1 is 1.38 bits per heavy atom. The van der Waals surface area contributed by atoms with Gasteiger partial charge in [0, 0.05) is 6.42 Å². The number of aromatic nitrogens is 2. The number of halogens is 1. The molecule has 0 aliphatic carbocycles. The van der Waals surface area contributed by atoms with Crippen LogP contribution < -0.4 is 0 Å². The fourth-order valence-electron chi connectivity index (χ4n) is 1.76. The van der Waals surface area contributed by atoms with Crippen LogP contribution in [0.25, 0.3) is 0 Å². The van der Waals surface area contributed by atoms with E-state index in [0.29, 0.717) is 5.15 Å². The molecule has 88 valence electrons. The van der Waals surface area contributed by atoms with Crippen molar-refractivity contribution in [1.29, 1.82) is 5.26 Å². The molecule has 1 atom stereocenters. The normalized spacial score (nSPS) is 12.4. The van der Waals surface area contributed by atoms with Gasteiger partial charge in [-0.2, -0.15) is 5.26 Å². The summed E-state index contributed by atoms with van der Waals surface area (Å²) in [6.45, 7) is 6.05. The fraction of sp³-hybridized carbons (Fsp3) is 0.667. The maximum Gasteiger partial charge on any atom is 0.133 e. The molecule has 1 unspecified atom stereocenters. The Morgan fingerprint density at radius 2 is 2.00 bits per heavy atom. The predicted octanol–water partition coefficient (Wildman–Crippen LogP) is 3.53. The molecule has 0 fully saturated rings. The molecule has 16 heavy (non-hydrogen) atoms. The summed E-state index contributed by atoms with van der Waals surface area (Å²) in [6.07, 6.45) is 3.77. The van der Waals surface area contributed by atoms with Gasteiger partial charge in [0.2, 0.25) is 0 Å². The summed E-state index contributed by atoms with van der Waals surface area (Å²) in [6, 6.07) is 1.97. The molecule has 1 aromatic heterocycles. The largest absolute Gasteiger partial charge is 0.302 e. The first-order valence-electron chi connectivity index (χ1n) is 5.80. The number of hydrogen-bond acceptors (Lipinski definition) is 2. The predicted molar refractivity (Wildman–Crippen MR) is 65.6 cm³/mol. The molecular formula is C12H18ClN3. The summed E-state index contributed by atoms with van der Waals surface area (Å²) in [5, 5.41) is 9.63. The monoisotopic (exact) mass is 239 g/mol. The molecule has 1 aromatic rings. The Labute approximate surface area is 102 Å². The van der Waals surface area contributed by atoms with Gasteiger partial charge in [0.1, 0.15) is 17.0 Å². The van der Waals surface area contributed by atoms with Crippen LogP contribution in [0.4, 0.5) is 0 Å². The second-order valence-corrected chi connectivity index (χ2v) is 4.30. The topological polar surface area (TPSA) is 41.6 Å². The number of nitriles is 1. The minimum atomic E-state index is -0.243. The van der Waals surface area contributed by atoms with Gasteiger partial charge >= 0.3 is 0 Å². The molecule has 0 spiro atoms. The van der Waals surface area contributed by atoms with E-state index in [9.17, 15) is 0 Å². The third-order valence-electron chi connectivity index (χ3n) is 2.53. The SMILES string of the molecule is CCCc1nc(CCC)n(C(C)C#N)c1Cl. The van der Waals surface area contributed by atoms with E-state index in [-0.39, 0.29) is 6.04 Å². The number of imidazole rings is 1. The van der Waals surface area contributed by atoms with Gasteiger partial charge in [-0.1, -0.05) is 31.9 Å². The highest BCUT2D eigenvalue weighted by molar-refractivity contribution is 6.30. The summed E-state index contributed by atoms with van der Waals surface area (Å²) in [7, 11) is 0. The van der Waals surface area contributed by atoms with Gasteiger partial charge in [0.05, 0.1) is 11.8 Å². The first-order valence-corrected chi connectivity index (χ1v) is 6.18. The third kappa shape index (κ3) is 2.56. The molecule has 0 aromatic carbocycles. The van der Waals surface area contributed by atoms with Crippen LogP contribution in [0.5, 0.6) is 0 Å². The van der Waals surface area contributed by atoms with E-state index in [2.05, 4.69) is 24.9 Å². The van der Waals surface area contributed by atoms with Crippen LogP contribution in [-0.4, -0.2) is 9.55 Å². The van der Waals surface area contributed by atoms with E-state index in [1.807, 2.05) is 11.5 Å². The van der Waals surface area contributed by atoms with Crippen LogP contribution >= 0.6 is 11.6 Å². The number of nitrogens with zero attached hydrogens (tertiary/aromatic N) is 3. The zero-order chi connectivity index (χ0) is 12.1. The zero-order valence-corrected chi connectivity index (χ0v) is 10.9. The Kier molecular flexibility index (Phi) is 4.82. The lowest BCUT2D eigenvalue weighted by Crippen LogP contribution is -2.07. The van der Waals surface area contributed by atoms with Crippen molar-refractivity contribution in [3.05, 3.63) is 16.7 Å². The van der Waals surface area contributed by atoms with Crippen molar-refractivity contribution in [3.63, 3.8) is 0 Å². The van der Waals surface area contributed by atoms with Crippen molar-refractivity contribution < 1.29 is 0 Å². The molecule has 0 saturated heterocycles. The Morgan fingerprint density at radius 3 is 2.50 bits per heavy atom. The van der Waals surface area contributed by atoms with Crippen LogP contribution in [0.3, 0.4) is 0 Å². The molecule has 3 nitrogen and oxygen atoms in total. The second-order valence-electron chi connectivity index (χ2n) is 3.94. The van der Waals surface area contributed by atoms with E-state index in [1.54, 1.807) is 0 Å². The maximum absolute atomic E-state index is 8.99. The summed E-state index contributed by atoms with van der Waals surface area (Å²) in [5.74, 6) is 0.935. The molecule has 1 rings (SSSR count). The summed E-state index contributed by atoms with van der Waals surface area (Å²) >= 11 is 6.27. The highest BCUT2D eigenvalue weighted by atomic mass is 35.5. The third-order valence-corrected chi connectivity index (χ3v) is 2.93. The van der Waals surface area contributed by atoms with Crippen LogP contribution in [0.1, 0.15) is 51.2 Å². The molecule has 0 amide bonds. The standard InChI is InChI=1S/C12H18ClN3/c1-4-6-10-12(13)16(9(3)8-14)11(15-10)7-5-2/h9H,4-7H2,1-3H3. The summed E-state index contributed by atoms with van der Waals surface area (Å²) < 4.78 is 1.86. The maximum atomic E-state index is 8.99. The van der Waals surface area contributed by atoms with Crippen LogP contribution in [-0.2, 0) is 12.8 Å². The molecule has 0 saturated carbocycles. The molecule has 0 radical (unpaired) electrons. The quantitative estimate of drug-likeness (QED) is 0.789. The average molecular weight is 240 g/mol. The molecule has 0 aliphatic heterocycles. The van der Waals surface area contributed by atoms with Gasteiger partial charge in [-0.15, -0.1) is 0 Å². The van der Waals surface area contributed by atoms with Crippen LogP contribution in [0.15, 0.2) is 0 Å².